The Bertz CT molecular complexity index is 157. The number of hydrogen-bond acceptors (Lipinski definition) is 3. The van der Waals surface area contributed by atoms with Gasteiger partial charge in [-0.1, -0.05) is 0 Å². The highest BCUT2D eigenvalue weighted by Gasteiger charge is 2.59. The Morgan fingerprint density at radius 2 is 1.55 bits per heavy atom. The highest BCUT2D eigenvalue weighted by atomic mass is 19.2. The first-order chi connectivity index (χ1) is 4.66. The number of hydrogen-bond donors (Lipinski definition) is 1. The van der Waals surface area contributed by atoms with E-state index in [1.807, 2.05) is 0 Å². The third-order valence-corrected chi connectivity index (χ3v) is 1.71. The number of aliphatic hydroxyl groups is 1. The van der Waals surface area contributed by atoms with E-state index in [1.165, 1.54) is 6.92 Å². The van der Waals surface area contributed by atoms with Gasteiger partial charge < -0.3 is 14.6 Å². The van der Waals surface area contributed by atoms with E-state index in [4.69, 9.17) is 9.47 Å². The van der Waals surface area contributed by atoms with Crippen molar-refractivity contribution >= 4 is 0 Å². The van der Waals surface area contributed by atoms with E-state index in [-0.39, 0.29) is 0 Å². The van der Waals surface area contributed by atoms with Gasteiger partial charge >= 0.3 is 0 Å². The van der Waals surface area contributed by atoms with E-state index in [0.717, 1.165) is 6.92 Å². The largest absolute Gasteiger partial charge is 0.361 e. The van der Waals surface area contributed by atoms with Crippen LogP contribution in [0.3, 0.4) is 0 Å². The molecule has 1 rings (SSSR count). The fraction of sp³-hybridized carbons (Fsp3) is 1.00. The lowest BCUT2D eigenvalue weighted by molar-refractivity contribution is -0.243. The molecule has 0 radical (unpaired) electrons. The molecule has 66 valence electrons. The molecule has 0 aromatic rings. The quantitative estimate of drug-likeness (QED) is 0.584. The molecule has 0 aromatic heterocycles. The normalized spacial score (nSPS) is 49.6. The summed E-state index contributed by atoms with van der Waals surface area (Å²) in [7, 11) is 0. The summed E-state index contributed by atoms with van der Waals surface area (Å²) in [6.45, 7) is 5.47. The van der Waals surface area contributed by atoms with E-state index < -0.39 is 17.4 Å². The SMILES string of the molecule is CC1(C)OC(C)(O)C(C)(F)O1. The second kappa shape index (κ2) is 1.94. The number of ether oxygens (including phenoxy) is 2. The van der Waals surface area contributed by atoms with Crippen LogP contribution in [0.5, 0.6) is 0 Å². The number of alkyl halides is 1. The molecule has 1 fully saturated rings. The lowest BCUT2D eigenvalue weighted by atomic mass is 10.2. The maximum absolute atomic E-state index is 13.3. The Morgan fingerprint density at radius 3 is 1.64 bits per heavy atom. The summed E-state index contributed by atoms with van der Waals surface area (Å²) in [4.78, 5) is 0. The minimum absolute atomic E-state index is 1.06. The van der Waals surface area contributed by atoms with Gasteiger partial charge in [0.1, 0.15) is 0 Å². The van der Waals surface area contributed by atoms with Gasteiger partial charge in [0.2, 0.25) is 5.79 Å². The smallest absolute Gasteiger partial charge is 0.262 e. The second-order valence-electron chi connectivity index (χ2n) is 3.50. The molecule has 2 unspecified atom stereocenters. The summed E-state index contributed by atoms with van der Waals surface area (Å²) in [5.41, 5.74) is 0. The van der Waals surface area contributed by atoms with Gasteiger partial charge in [-0.05, 0) is 20.8 Å². The highest BCUT2D eigenvalue weighted by Crippen LogP contribution is 2.42. The van der Waals surface area contributed by atoms with Crippen LogP contribution in [0.15, 0.2) is 0 Å². The zero-order chi connectivity index (χ0) is 8.91. The average Bonchev–Trinajstić information content (AvgIpc) is 1.66. The van der Waals surface area contributed by atoms with Crippen molar-refractivity contribution < 1.29 is 19.0 Å². The van der Waals surface area contributed by atoms with Crippen LogP contribution in [0.2, 0.25) is 0 Å². The molecule has 0 bridgehead atoms. The average molecular weight is 164 g/mol. The molecule has 0 saturated carbocycles. The van der Waals surface area contributed by atoms with Crippen molar-refractivity contribution in [3.63, 3.8) is 0 Å². The van der Waals surface area contributed by atoms with E-state index in [2.05, 4.69) is 0 Å². The summed E-state index contributed by atoms with van der Waals surface area (Å²) in [5, 5.41) is 9.34. The Labute approximate surface area is 65.1 Å². The van der Waals surface area contributed by atoms with Crippen molar-refractivity contribution in [3.8, 4) is 0 Å². The molecule has 1 saturated heterocycles. The van der Waals surface area contributed by atoms with Crippen molar-refractivity contribution in [2.45, 2.75) is 45.1 Å². The Hall–Kier alpha value is -0.190. The fourth-order valence-corrected chi connectivity index (χ4v) is 1.15. The minimum Gasteiger partial charge on any atom is -0.361 e. The van der Waals surface area contributed by atoms with Crippen molar-refractivity contribution in [2.24, 2.45) is 0 Å². The van der Waals surface area contributed by atoms with Gasteiger partial charge in [-0.2, -0.15) is 0 Å². The van der Waals surface area contributed by atoms with Gasteiger partial charge in [0.05, 0.1) is 0 Å². The van der Waals surface area contributed by atoms with Gasteiger partial charge in [0.15, 0.2) is 5.79 Å². The molecule has 1 aliphatic rings. The fourth-order valence-electron chi connectivity index (χ4n) is 1.15. The first-order valence-electron chi connectivity index (χ1n) is 3.48. The zero-order valence-corrected chi connectivity index (χ0v) is 7.14. The molecule has 4 heteroatoms. The Morgan fingerprint density at radius 1 is 1.09 bits per heavy atom. The lowest BCUT2D eigenvalue weighted by Crippen LogP contribution is -2.43. The summed E-state index contributed by atoms with van der Waals surface area (Å²) in [6, 6.07) is 0. The predicted octanol–water partition coefficient (Wildman–Crippen LogP) is 1.16. The molecular formula is C7H13FO3. The van der Waals surface area contributed by atoms with Crippen LogP contribution in [-0.4, -0.2) is 22.5 Å². The number of halogens is 1. The summed E-state index contributed by atoms with van der Waals surface area (Å²) < 4.78 is 23.0. The van der Waals surface area contributed by atoms with Crippen LogP contribution in [0.25, 0.3) is 0 Å². The van der Waals surface area contributed by atoms with Crippen LogP contribution in [-0.2, 0) is 9.47 Å². The van der Waals surface area contributed by atoms with Crippen molar-refractivity contribution in [1.82, 2.24) is 0 Å². The van der Waals surface area contributed by atoms with Gasteiger partial charge in [-0.25, -0.2) is 4.39 Å². The molecule has 1 heterocycles. The maximum Gasteiger partial charge on any atom is 0.262 e. The Balaban J connectivity index is 2.89. The molecule has 0 aliphatic carbocycles. The topological polar surface area (TPSA) is 38.7 Å². The lowest BCUT2D eigenvalue weighted by Gasteiger charge is -2.24. The third kappa shape index (κ3) is 1.38. The molecular weight excluding hydrogens is 151 g/mol. The van der Waals surface area contributed by atoms with Gasteiger partial charge in [0.25, 0.3) is 5.85 Å². The first kappa shape index (κ1) is 8.90. The minimum atomic E-state index is -2.14. The van der Waals surface area contributed by atoms with E-state index in [1.54, 1.807) is 13.8 Å². The van der Waals surface area contributed by atoms with Crippen molar-refractivity contribution in [2.75, 3.05) is 0 Å². The van der Waals surface area contributed by atoms with Gasteiger partial charge in [0, 0.05) is 6.92 Å². The monoisotopic (exact) mass is 164 g/mol. The van der Waals surface area contributed by atoms with Crippen LogP contribution in [0.1, 0.15) is 27.7 Å². The molecule has 11 heavy (non-hydrogen) atoms. The second-order valence-corrected chi connectivity index (χ2v) is 3.50. The molecule has 0 amide bonds. The molecule has 1 aliphatic heterocycles. The van der Waals surface area contributed by atoms with E-state index >= 15 is 0 Å². The van der Waals surface area contributed by atoms with E-state index in [9.17, 15) is 9.50 Å². The molecule has 0 spiro atoms. The highest BCUT2D eigenvalue weighted by molar-refractivity contribution is 4.87. The molecule has 0 aromatic carbocycles. The van der Waals surface area contributed by atoms with Crippen LogP contribution < -0.4 is 0 Å². The van der Waals surface area contributed by atoms with Crippen molar-refractivity contribution in [3.05, 3.63) is 0 Å². The Kier molecular flexibility index (Phi) is 1.57. The van der Waals surface area contributed by atoms with E-state index in [0.29, 0.717) is 0 Å². The predicted molar refractivity (Wildman–Crippen MR) is 36.4 cm³/mol. The maximum atomic E-state index is 13.3. The van der Waals surface area contributed by atoms with Crippen molar-refractivity contribution in [1.29, 1.82) is 0 Å². The third-order valence-electron chi connectivity index (χ3n) is 1.71. The summed E-state index contributed by atoms with van der Waals surface area (Å²) in [6.07, 6.45) is 0. The first-order valence-corrected chi connectivity index (χ1v) is 3.48. The van der Waals surface area contributed by atoms with Crippen LogP contribution in [0, 0.1) is 0 Å². The van der Waals surface area contributed by atoms with Gasteiger partial charge in [-0.3, -0.25) is 0 Å². The summed E-state index contributed by atoms with van der Waals surface area (Å²) >= 11 is 0. The molecule has 3 nitrogen and oxygen atoms in total. The summed E-state index contributed by atoms with van der Waals surface area (Å²) in [5.74, 6) is -5.07. The molecule has 1 N–H and O–H groups in total. The number of rotatable bonds is 0. The van der Waals surface area contributed by atoms with Crippen LogP contribution >= 0.6 is 0 Å². The van der Waals surface area contributed by atoms with Gasteiger partial charge in [-0.15, -0.1) is 0 Å². The zero-order valence-electron chi connectivity index (χ0n) is 7.14. The van der Waals surface area contributed by atoms with Crippen LogP contribution in [0.4, 0.5) is 4.39 Å². The standard InChI is InChI=1S/C7H13FO3/c1-5(2)10-6(3,8)7(4,9)11-5/h9H,1-4H3. The molecule has 2 atom stereocenters.